The molecule has 0 amide bonds. The van der Waals surface area contributed by atoms with Gasteiger partial charge in [0.05, 0.1) is 0 Å². The summed E-state index contributed by atoms with van der Waals surface area (Å²) in [5.74, 6) is 0.326. The van der Waals surface area contributed by atoms with Gasteiger partial charge in [0.2, 0.25) is 0 Å². The highest BCUT2D eigenvalue weighted by molar-refractivity contribution is 9.11. The fourth-order valence-electron chi connectivity index (χ4n) is 2.38. The summed E-state index contributed by atoms with van der Waals surface area (Å²) in [7, 11) is 0. The molecule has 0 radical (unpaired) electrons. The maximum absolute atomic E-state index is 6.50. The lowest BCUT2D eigenvalue weighted by Crippen LogP contribution is -2.20. The Morgan fingerprint density at radius 3 is 2.37 bits per heavy atom. The van der Waals surface area contributed by atoms with Gasteiger partial charge in [-0.25, -0.2) is 0 Å². The molecule has 0 spiro atoms. The van der Waals surface area contributed by atoms with Crippen LogP contribution in [0.2, 0.25) is 0 Å². The minimum absolute atomic E-state index is 0.0146. The molecule has 0 saturated heterocycles. The van der Waals surface area contributed by atoms with E-state index in [1.165, 1.54) is 5.56 Å². The highest BCUT2D eigenvalue weighted by atomic mass is 79.9. The number of benzene rings is 2. The molecule has 2 atom stereocenters. The number of hydrogen-bond donors (Lipinski definition) is 1. The second-order valence-corrected chi connectivity index (χ2v) is 6.39. The van der Waals surface area contributed by atoms with Crippen molar-refractivity contribution in [2.45, 2.75) is 25.3 Å². The van der Waals surface area contributed by atoms with Crippen molar-refractivity contribution in [3.05, 3.63) is 68.6 Å². The van der Waals surface area contributed by atoms with E-state index in [0.717, 1.165) is 20.9 Å². The summed E-state index contributed by atoms with van der Waals surface area (Å²) < 4.78 is 2.13. The van der Waals surface area contributed by atoms with Gasteiger partial charge in [0, 0.05) is 20.9 Å². The third kappa shape index (κ3) is 3.47. The van der Waals surface area contributed by atoms with Crippen LogP contribution in [-0.4, -0.2) is 0 Å². The van der Waals surface area contributed by atoms with Gasteiger partial charge in [-0.05, 0) is 35.7 Å². The van der Waals surface area contributed by atoms with E-state index in [4.69, 9.17) is 5.73 Å². The van der Waals surface area contributed by atoms with E-state index >= 15 is 0 Å². The Kier molecular flexibility index (Phi) is 5.20. The van der Waals surface area contributed by atoms with Crippen molar-refractivity contribution in [1.29, 1.82) is 0 Å². The van der Waals surface area contributed by atoms with Gasteiger partial charge in [-0.2, -0.15) is 0 Å². The Morgan fingerprint density at radius 1 is 1.05 bits per heavy atom. The van der Waals surface area contributed by atoms with Crippen LogP contribution in [0.1, 0.15) is 36.4 Å². The first-order chi connectivity index (χ1) is 9.13. The second kappa shape index (κ2) is 6.69. The van der Waals surface area contributed by atoms with Crippen molar-refractivity contribution in [3.63, 3.8) is 0 Å². The Labute approximate surface area is 131 Å². The second-order valence-electron chi connectivity index (χ2n) is 4.62. The Morgan fingerprint density at radius 2 is 1.74 bits per heavy atom. The van der Waals surface area contributed by atoms with Crippen LogP contribution in [-0.2, 0) is 0 Å². The van der Waals surface area contributed by atoms with Crippen molar-refractivity contribution < 1.29 is 0 Å². The fraction of sp³-hybridized carbons (Fsp3) is 0.250. The van der Waals surface area contributed by atoms with Gasteiger partial charge in [-0.1, -0.05) is 69.1 Å². The summed E-state index contributed by atoms with van der Waals surface area (Å²) in [6, 6.07) is 16.6. The molecule has 0 aliphatic heterocycles. The van der Waals surface area contributed by atoms with Crippen LogP contribution in [0.3, 0.4) is 0 Å². The minimum atomic E-state index is -0.0146. The topological polar surface area (TPSA) is 26.0 Å². The van der Waals surface area contributed by atoms with E-state index in [1.54, 1.807) is 0 Å². The lowest BCUT2D eigenvalue weighted by molar-refractivity contribution is 0.537. The molecule has 0 bridgehead atoms. The Bertz CT molecular complexity index is 540. The van der Waals surface area contributed by atoms with Crippen LogP contribution in [0.4, 0.5) is 0 Å². The normalized spacial score (nSPS) is 14.1. The zero-order valence-electron chi connectivity index (χ0n) is 10.8. The van der Waals surface area contributed by atoms with Crippen molar-refractivity contribution in [2.75, 3.05) is 0 Å². The quantitative estimate of drug-likeness (QED) is 0.751. The van der Waals surface area contributed by atoms with Gasteiger partial charge >= 0.3 is 0 Å². The summed E-state index contributed by atoms with van der Waals surface area (Å²) in [5.41, 5.74) is 8.94. The molecule has 3 heteroatoms. The van der Waals surface area contributed by atoms with E-state index in [2.05, 4.69) is 69.1 Å². The van der Waals surface area contributed by atoms with Crippen LogP contribution in [0, 0.1) is 0 Å². The molecule has 2 aromatic rings. The molecule has 0 aliphatic rings. The Balaban J connectivity index is 2.36. The first kappa shape index (κ1) is 14.8. The van der Waals surface area contributed by atoms with Gasteiger partial charge in [0.1, 0.15) is 0 Å². The van der Waals surface area contributed by atoms with E-state index in [9.17, 15) is 0 Å². The van der Waals surface area contributed by atoms with Crippen molar-refractivity contribution in [2.24, 2.45) is 5.73 Å². The lowest BCUT2D eigenvalue weighted by atomic mass is 9.86. The third-order valence-corrected chi connectivity index (χ3v) is 4.63. The third-order valence-electron chi connectivity index (χ3n) is 3.42. The van der Waals surface area contributed by atoms with E-state index < -0.39 is 0 Å². The predicted octanol–water partition coefficient (Wildman–Crippen LogP) is 5.41. The standard InChI is InChI=1S/C16H17Br2N/c1-2-13(11-6-4-3-5-7-11)16(19)14-10-12(17)8-9-15(14)18/h3-10,13,16H,2,19H2,1H3. The average Bonchev–Trinajstić information content (AvgIpc) is 2.43. The summed E-state index contributed by atoms with van der Waals surface area (Å²) in [5, 5.41) is 0. The first-order valence-electron chi connectivity index (χ1n) is 6.39. The van der Waals surface area contributed by atoms with Gasteiger partial charge in [0.25, 0.3) is 0 Å². The smallest absolute Gasteiger partial charge is 0.0376 e. The molecule has 2 aromatic carbocycles. The van der Waals surface area contributed by atoms with E-state index in [1.807, 2.05) is 18.2 Å². The lowest BCUT2D eigenvalue weighted by Gasteiger charge is -2.24. The van der Waals surface area contributed by atoms with Crippen molar-refractivity contribution in [3.8, 4) is 0 Å². The summed E-state index contributed by atoms with van der Waals surface area (Å²) in [6.07, 6.45) is 1.02. The van der Waals surface area contributed by atoms with Crippen molar-refractivity contribution in [1.82, 2.24) is 0 Å². The van der Waals surface area contributed by atoms with Gasteiger partial charge in [0.15, 0.2) is 0 Å². The zero-order chi connectivity index (χ0) is 13.8. The Hall–Kier alpha value is -0.640. The number of rotatable bonds is 4. The molecule has 19 heavy (non-hydrogen) atoms. The molecule has 2 unspecified atom stereocenters. The molecule has 2 N–H and O–H groups in total. The highest BCUT2D eigenvalue weighted by Crippen LogP contribution is 2.36. The average molecular weight is 383 g/mol. The predicted molar refractivity (Wildman–Crippen MR) is 88.2 cm³/mol. The van der Waals surface area contributed by atoms with Crippen LogP contribution < -0.4 is 5.73 Å². The number of hydrogen-bond acceptors (Lipinski definition) is 1. The maximum atomic E-state index is 6.50. The van der Waals surface area contributed by atoms with E-state index in [0.29, 0.717) is 5.92 Å². The minimum Gasteiger partial charge on any atom is -0.323 e. The largest absolute Gasteiger partial charge is 0.323 e. The molecule has 0 fully saturated rings. The SMILES string of the molecule is CCC(c1ccccc1)C(N)c1cc(Br)ccc1Br. The van der Waals surface area contributed by atoms with Crippen LogP contribution in [0.5, 0.6) is 0 Å². The van der Waals surface area contributed by atoms with Crippen LogP contribution in [0.15, 0.2) is 57.5 Å². The summed E-state index contributed by atoms with van der Waals surface area (Å²) in [4.78, 5) is 0. The molecule has 2 rings (SSSR count). The van der Waals surface area contributed by atoms with Gasteiger partial charge < -0.3 is 5.73 Å². The number of nitrogens with two attached hydrogens (primary N) is 1. The highest BCUT2D eigenvalue weighted by Gasteiger charge is 2.21. The molecule has 0 aromatic heterocycles. The van der Waals surface area contributed by atoms with Gasteiger partial charge in [-0.15, -0.1) is 0 Å². The first-order valence-corrected chi connectivity index (χ1v) is 7.97. The number of halogens is 2. The van der Waals surface area contributed by atoms with E-state index in [-0.39, 0.29) is 6.04 Å². The molecule has 1 nitrogen and oxygen atoms in total. The maximum Gasteiger partial charge on any atom is 0.0376 e. The molecule has 0 saturated carbocycles. The van der Waals surface area contributed by atoms with Gasteiger partial charge in [-0.3, -0.25) is 0 Å². The van der Waals surface area contributed by atoms with Crippen molar-refractivity contribution >= 4 is 31.9 Å². The monoisotopic (exact) mass is 381 g/mol. The zero-order valence-corrected chi connectivity index (χ0v) is 14.0. The molecule has 0 aliphatic carbocycles. The fourth-order valence-corrected chi connectivity index (χ4v) is 3.27. The molecular weight excluding hydrogens is 366 g/mol. The summed E-state index contributed by atoms with van der Waals surface area (Å²) >= 11 is 7.12. The molecule has 100 valence electrons. The van der Waals surface area contributed by atoms with Crippen LogP contribution >= 0.6 is 31.9 Å². The molecular formula is C16H17Br2N. The molecule has 0 heterocycles. The van der Waals surface area contributed by atoms with Crippen LogP contribution in [0.25, 0.3) is 0 Å². The summed E-state index contributed by atoms with van der Waals surface area (Å²) in [6.45, 7) is 2.18.